The zero-order valence-corrected chi connectivity index (χ0v) is 12.3. The van der Waals surface area contributed by atoms with Gasteiger partial charge in [0.05, 0.1) is 12.6 Å². The van der Waals surface area contributed by atoms with Gasteiger partial charge < -0.3 is 15.7 Å². The molecule has 0 radical (unpaired) electrons. The SMILES string of the molecule is NC1=NCC(c2ccc(O)cc2)N1c1ccc(Br)cc1. The number of anilines is 1. The van der Waals surface area contributed by atoms with Crippen LogP contribution in [0.15, 0.2) is 58.0 Å². The summed E-state index contributed by atoms with van der Waals surface area (Å²) in [7, 11) is 0. The molecule has 0 bridgehead atoms. The van der Waals surface area contributed by atoms with Gasteiger partial charge in [0.15, 0.2) is 5.96 Å². The number of phenolic OH excluding ortho intramolecular Hbond substituents is 1. The number of hydrogen-bond donors (Lipinski definition) is 2. The Morgan fingerprint density at radius 2 is 1.75 bits per heavy atom. The molecule has 102 valence electrons. The van der Waals surface area contributed by atoms with Crippen LogP contribution in [0, 0.1) is 0 Å². The summed E-state index contributed by atoms with van der Waals surface area (Å²) in [5.74, 6) is 0.779. The van der Waals surface area contributed by atoms with E-state index in [9.17, 15) is 5.11 Å². The van der Waals surface area contributed by atoms with Crippen LogP contribution in [-0.4, -0.2) is 17.6 Å². The van der Waals surface area contributed by atoms with E-state index in [0.717, 1.165) is 15.7 Å². The van der Waals surface area contributed by atoms with Crippen molar-refractivity contribution in [3.8, 4) is 5.75 Å². The highest BCUT2D eigenvalue weighted by Crippen LogP contribution is 2.32. The van der Waals surface area contributed by atoms with E-state index in [0.29, 0.717) is 12.5 Å². The summed E-state index contributed by atoms with van der Waals surface area (Å²) >= 11 is 3.43. The predicted molar refractivity (Wildman–Crippen MR) is 84.0 cm³/mol. The minimum atomic E-state index is 0.0665. The largest absolute Gasteiger partial charge is 0.508 e. The average molecular weight is 332 g/mol. The van der Waals surface area contributed by atoms with Crippen molar-refractivity contribution in [1.82, 2.24) is 0 Å². The van der Waals surface area contributed by atoms with Crippen LogP contribution in [0.5, 0.6) is 5.75 Å². The minimum absolute atomic E-state index is 0.0665. The van der Waals surface area contributed by atoms with E-state index in [1.54, 1.807) is 12.1 Å². The second-order valence-corrected chi connectivity index (χ2v) is 5.57. The van der Waals surface area contributed by atoms with Crippen molar-refractivity contribution < 1.29 is 5.11 Å². The fraction of sp³-hybridized carbons (Fsp3) is 0.133. The summed E-state index contributed by atoms with van der Waals surface area (Å²) in [6.07, 6.45) is 0. The van der Waals surface area contributed by atoms with Crippen molar-refractivity contribution in [1.29, 1.82) is 0 Å². The van der Waals surface area contributed by atoms with E-state index >= 15 is 0 Å². The van der Waals surface area contributed by atoms with Crippen LogP contribution in [0.2, 0.25) is 0 Å². The van der Waals surface area contributed by atoms with Crippen molar-refractivity contribution in [3.05, 3.63) is 58.6 Å². The van der Waals surface area contributed by atoms with Gasteiger partial charge in [-0.2, -0.15) is 0 Å². The van der Waals surface area contributed by atoms with Crippen LogP contribution >= 0.6 is 15.9 Å². The lowest BCUT2D eigenvalue weighted by Crippen LogP contribution is -2.36. The molecule has 3 N–H and O–H groups in total. The molecule has 0 aliphatic carbocycles. The molecule has 1 aliphatic heterocycles. The molecular formula is C15H14BrN3O. The van der Waals surface area contributed by atoms with Crippen LogP contribution < -0.4 is 10.6 Å². The Morgan fingerprint density at radius 1 is 1.10 bits per heavy atom. The van der Waals surface area contributed by atoms with Gasteiger partial charge in [-0.25, -0.2) is 0 Å². The van der Waals surface area contributed by atoms with Crippen LogP contribution in [0.4, 0.5) is 5.69 Å². The lowest BCUT2D eigenvalue weighted by molar-refractivity contribution is 0.475. The molecular weight excluding hydrogens is 318 g/mol. The Kier molecular flexibility index (Phi) is 3.36. The Balaban J connectivity index is 1.96. The van der Waals surface area contributed by atoms with E-state index in [-0.39, 0.29) is 11.8 Å². The quantitative estimate of drug-likeness (QED) is 0.889. The second kappa shape index (κ2) is 5.17. The zero-order valence-electron chi connectivity index (χ0n) is 10.7. The maximum absolute atomic E-state index is 9.39. The monoisotopic (exact) mass is 331 g/mol. The number of benzene rings is 2. The zero-order chi connectivity index (χ0) is 14.1. The van der Waals surface area contributed by atoms with Crippen molar-refractivity contribution >= 4 is 27.6 Å². The summed E-state index contributed by atoms with van der Waals surface area (Å²) in [5.41, 5.74) is 8.10. The summed E-state index contributed by atoms with van der Waals surface area (Å²) in [6, 6.07) is 15.2. The Hall–Kier alpha value is -2.01. The van der Waals surface area contributed by atoms with E-state index in [2.05, 4.69) is 20.9 Å². The number of aromatic hydroxyl groups is 1. The molecule has 0 fully saturated rings. The third kappa shape index (κ3) is 2.36. The van der Waals surface area contributed by atoms with E-state index in [1.807, 2.05) is 41.3 Å². The fourth-order valence-electron chi connectivity index (χ4n) is 2.36. The third-order valence-corrected chi connectivity index (χ3v) is 3.90. The van der Waals surface area contributed by atoms with Gasteiger partial charge in [-0.05, 0) is 42.0 Å². The second-order valence-electron chi connectivity index (χ2n) is 4.65. The topological polar surface area (TPSA) is 61.9 Å². The molecule has 20 heavy (non-hydrogen) atoms. The number of guanidine groups is 1. The Morgan fingerprint density at radius 3 is 2.40 bits per heavy atom. The number of rotatable bonds is 2. The molecule has 4 nitrogen and oxygen atoms in total. The summed E-state index contributed by atoms with van der Waals surface area (Å²) in [5, 5.41) is 9.39. The van der Waals surface area contributed by atoms with E-state index in [1.165, 1.54) is 0 Å². The molecule has 0 saturated carbocycles. The Labute approximate surface area is 125 Å². The van der Waals surface area contributed by atoms with E-state index in [4.69, 9.17) is 5.73 Å². The first-order chi connectivity index (χ1) is 9.65. The third-order valence-electron chi connectivity index (χ3n) is 3.37. The number of phenols is 1. The van der Waals surface area contributed by atoms with Crippen molar-refractivity contribution in [2.24, 2.45) is 10.7 Å². The first-order valence-corrected chi connectivity index (χ1v) is 7.08. The van der Waals surface area contributed by atoms with Crippen molar-refractivity contribution in [2.75, 3.05) is 11.4 Å². The van der Waals surface area contributed by atoms with Gasteiger partial charge in [-0.1, -0.05) is 28.1 Å². The summed E-state index contributed by atoms with van der Waals surface area (Å²) < 4.78 is 1.03. The molecule has 1 aliphatic rings. The molecule has 0 saturated heterocycles. The molecule has 0 aromatic heterocycles. The fourth-order valence-corrected chi connectivity index (χ4v) is 2.63. The molecule has 0 spiro atoms. The minimum Gasteiger partial charge on any atom is -0.508 e. The van der Waals surface area contributed by atoms with Crippen LogP contribution in [0.25, 0.3) is 0 Å². The molecule has 2 aromatic rings. The number of nitrogens with zero attached hydrogens (tertiary/aromatic N) is 2. The molecule has 1 unspecified atom stereocenters. The average Bonchev–Trinajstić information content (AvgIpc) is 2.83. The summed E-state index contributed by atoms with van der Waals surface area (Å²) in [6.45, 7) is 0.618. The van der Waals surface area contributed by atoms with Gasteiger partial charge in [-0.15, -0.1) is 0 Å². The molecule has 3 rings (SSSR count). The molecule has 1 heterocycles. The van der Waals surface area contributed by atoms with Crippen LogP contribution in [0.3, 0.4) is 0 Å². The first kappa shape index (κ1) is 13.0. The number of aliphatic imine (C=N–C) groups is 1. The smallest absolute Gasteiger partial charge is 0.196 e. The van der Waals surface area contributed by atoms with Gasteiger partial charge in [0.1, 0.15) is 5.75 Å². The summed E-state index contributed by atoms with van der Waals surface area (Å²) in [4.78, 5) is 6.36. The van der Waals surface area contributed by atoms with Crippen LogP contribution in [-0.2, 0) is 0 Å². The highest BCUT2D eigenvalue weighted by atomic mass is 79.9. The van der Waals surface area contributed by atoms with Crippen LogP contribution in [0.1, 0.15) is 11.6 Å². The van der Waals surface area contributed by atoms with Crippen molar-refractivity contribution in [3.63, 3.8) is 0 Å². The highest BCUT2D eigenvalue weighted by Gasteiger charge is 2.28. The lowest BCUT2D eigenvalue weighted by Gasteiger charge is -2.26. The molecule has 0 amide bonds. The Bertz CT molecular complexity index is 637. The molecule has 1 atom stereocenters. The first-order valence-electron chi connectivity index (χ1n) is 6.29. The van der Waals surface area contributed by atoms with Gasteiger partial charge >= 0.3 is 0 Å². The van der Waals surface area contributed by atoms with Crippen molar-refractivity contribution in [2.45, 2.75) is 6.04 Å². The predicted octanol–water partition coefficient (Wildman–Crippen LogP) is 3.03. The van der Waals surface area contributed by atoms with Gasteiger partial charge in [0.25, 0.3) is 0 Å². The lowest BCUT2D eigenvalue weighted by atomic mass is 10.1. The molecule has 5 heteroatoms. The number of halogens is 1. The van der Waals surface area contributed by atoms with E-state index < -0.39 is 0 Å². The maximum Gasteiger partial charge on any atom is 0.196 e. The number of nitrogens with two attached hydrogens (primary N) is 1. The number of hydrogen-bond acceptors (Lipinski definition) is 4. The standard InChI is InChI=1S/C15H14BrN3O/c16-11-3-5-12(6-4-11)19-14(9-18-15(19)17)10-1-7-13(20)8-2-10/h1-8,14,20H,9H2,(H2,17,18). The highest BCUT2D eigenvalue weighted by molar-refractivity contribution is 9.10. The maximum atomic E-state index is 9.39. The van der Waals surface area contributed by atoms with Gasteiger partial charge in [0, 0.05) is 10.2 Å². The normalized spacial score (nSPS) is 18.1. The van der Waals surface area contributed by atoms with Gasteiger partial charge in [-0.3, -0.25) is 4.99 Å². The molecule has 2 aromatic carbocycles. The van der Waals surface area contributed by atoms with Gasteiger partial charge in [0.2, 0.25) is 0 Å².